The minimum Gasteiger partial charge on any atom is -0.457 e. The van der Waals surface area contributed by atoms with Gasteiger partial charge in [0.15, 0.2) is 0 Å². The Bertz CT molecular complexity index is 988. The molecule has 0 saturated heterocycles. The molecule has 3 rings (SSSR count). The lowest BCUT2D eigenvalue weighted by molar-refractivity contribution is 0.0472. The first kappa shape index (κ1) is 19.3. The minimum atomic E-state index is -0.592. The predicted octanol–water partition coefficient (Wildman–Crippen LogP) is 3.56. The van der Waals surface area contributed by atoms with Gasteiger partial charge in [-0.3, -0.25) is 14.5 Å². The summed E-state index contributed by atoms with van der Waals surface area (Å²) in [5.41, 5.74) is 1.93. The van der Waals surface area contributed by atoms with Crippen LogP contribution in [0.3, 0.4) is 0 Å². The van der Waals surface area contributed by atoms with Gasteiger partial charge in [-0.1, -0.05) is 26.0 Å². The van der Waals surface area contributed by atoms with Gasteiger partial charge in [-0.05, 0) is 48.2 Å². The molecule has 6 nitrogen and oxygen atoms in total. The van der Waals surface area contributed by atoms with E-state index in [2.05, 4.69) is 0 Å². The number of benzene rings is 2. The van der Waals surface area contributed by atoms with Gasteiger partial charge >= 0.3 is 5.97 Å². The molecule has 0 spiro atoms. The molecule has 0 unspecified atom stereocenters. The topological polar surface area (TPSA) is 87.5 Å². The molecule has 2 amide bonds. The number of rotatable bonds is 6. The van der Waals surface area contributed by atoms with Crippen LogP contribution in [0, 0.1) is 17.2 Å². The maximum atomic E-state index is 12.6. The first-order chi connectivity index (χ1) is 13.4. The van der Waals surface area contributed by atoms with Crippen molar-refractivity contribution in [2.24, 2.45) is 5.92 Å². The van der Waals surface area contributed by atoms with Crippen LogP contribution >= 0.6 is 0 Å². The van der Waals surface area contributed by atoms with Gasteiger partial charge in [0.2, 0.25) is 0 Å². The number of ether oxygens (including phenoxy) is 1. The van der Waals surface area contributed by atoms with Gasteiger partial charge in [0.05, 0.1) is 28.3 Å². The van der Waals surface area contributed by atoms with E-state index in [9.17, 15) is 14.4 Å². The van der Waals surface area contributed by atoms with E-state index in [0.717, 1.165) is 6.42 Å². The van der Waals surface area contributed by atoms with Gasteiger partial charge in [0.1, 0.15) is 6.61 Å². The SMILES string of the molecule is CC(C)CCN1C(=O)c2ccc(C(=O)OCc3cccc(C#N)c3)cc2C1=O. The molecule has 142 valence electrons. The fraction of sp³-hybridized carbons (Fsp3) is 0.273. The normalized spacial score (nSPS) is 12.9. The fourth-order valence-electron chi connectivity index (χ4n) is 2.97. The van der Waals surface area contributed by atoms with E-state index in [-0.39, 0.29) is 29.5 Å². The van der Waals surface area contributed by atoms with Crippen LogP contribution in [0.15, 0.2) is 42.5 Å². The van der Waals surface area contributed by atoms with Crippen LogP contribution in [0.25, 0.3) is 0 Å². The molecular formula is C22H20N2O4. The van der Waals surface area contributed by atoms with E-state index in [1.54, 1.807) is 24.3 Å². The summed E-state index contributed by atoms with van der Waals surface area (Å²) in [6.45, 7) is 4.43. The molecule has 1 aliphatic rings. The molecule has 2 aromatic carbocycles. The summed E-state index contributed by atoms with van der Waals surface area (Å²) in [6, 6.07) is 13.2. The van der Waals surface area contributed by atoms with Crippen LogP contribution in [-0.4, -0.2) is 29.2 Å². The zero-order valence-corrected chi connectivity index (χ0v) is 15.8. The number of carbonyl (C=O) groups is 3. The van der Waals surface area contributed by atoms with E-state index in [0.29, 0.717) is 29.2 Å². The molecule has 0 aromatic heterocycles. The molecule has 6 heteroatoms. The number of esters is 1. The Morgan fingerprint density at radius 1 is 1.11 bits per heavy atom. The van der Waals surface area contributed by atoms with E-state index in [1.165, 1.54) is 23.1 Å². The molecule has 0 fully saturated rings. The molecule has 28 heavy (non-hydrogen) atoms. The van der Waals surface area contributed by atoms with Crippen LogP contribution in [0.4, 0.5) is 0 Å². The molecule has 0 bridgehead atoms. The number of imide groups is 1. The van der Waals surface area contributed by atoms with Crippen molar-refractivity contribution in [3.8, 4) is 6.07 Å². The van der Waals surface area contributed by atoms with Crippen molar-refractivity contribution in [2.45, 2.75) is 26.9 Å². The largest absolute Gasteiger partial charge is 0.457 e. The van der Waals surface area contributed by atoms with E-state index in [4.69, 9.17) is 10.00 Å². The van der Waals surface area contributed by atoms with Crippen molar-refractivity contribution in [1.82, 2.24) is 4.90 Å². The summed E-state index contributed by atoms with van der Waals surface area (Å²) in [4.78, 5) is 38.6. The Morgan fingerprint density at radius 3 is 2.57 bits per heavy atom. The first-order valence-corrected chi connectivity index (χ1v) is 9.07. The monoisotopic (exact) mass is 376 g/mol. The molecule has 0 radical (unpaired) electrons. The second-order valence-electron chi connectivity index (χ2n) is 7.09. The van der Waals surface area contributed by atoms with Crippen molar-refractivity contribution < 1.29 is 19.1 Å². The number of carbonyl (C=O) groups excluding carboxylic acids is 3. The van der Waals surface area contributed by atoms with Crippen molar-refractivity contribution in [3.05, 3.63) is 70.3 Å². The lowest BCUT2D eigenvalue weighted by Crippen LogP contribution is -2.31. The molecule has 0 atom stereocenters. The quantitative estimate of drug-likeness (QED) is 0.568. The molecular weight excluding hydrogens is 356 g/mol. The molecule has 0 saturated carbocycles. The lowest BCUT2D eigenvalue weighted by atomic mass is 10.1. The van der Waals surface area contributed by atoms with Crippen LogP contribution in [0.2, 0.25) is 0 Å². The zero-order valence-electron chi connectivity index (χ0n) is 15.8. The average Bonchev–Trinajstić information content (AvgIpc) is 2.94. The molecule has 1 heterocycles. The summed E-state index contributed by atoms with van der Waals surface area (Å²) in [6.07, 6.45) is 0.724. The number of fused-ring (bicyclic) bond motifs is 1. The average molecular weight is 376 g/mol. The van der Waals surface area contributed by atoms with Crippen molar-refractivity contribution >= 4 is 17.8 Å². The number of hydrogen-bond donors (Lipinski definition) is 0. The van der Waals surface area contributed by atoms with Crippen molar-refractivity contribution in [1.29, 1.82) is 5.26 Å². The molecule has 2 aromatic rings. The van der Waals surface area contributed by atoms with E-state index < -0.39 is 5.97 Å². The second-order valence-corrected chi connectivity index (χ2v) is 7.09. The Hall–Kier alpha value is -3.46. The second kappa shape index (κ2) is 8.05. The summed E-state index contributed by atoms with van der Waals surface area (Å²) in [7, 11) is 0. The van der Waals surface area contributed by atoms with Gasteiger partial charge in [0, 0.05) is 6.54 Å². The summed E-state index contributed by atoms with van der Waals surface area (Å²) in [5.74, 6) is -0.925. The number of hydrogen-bond acceptors (Lipinski definition) is 5. The third-order valence-corrected chi connectivity index (χ3v) is 4.56. The highest BCUT2D eigenvalue weighted by Crippen LogP contribution is 2.25. The van der Waals surface area contributed by atoms with Gasteiger partial charge < -0.3 is 4.74 Å². The van der Waals surface area contributed by atoms with Gasteiger partial charge in [0.25, 0.3) is 11.8 Å². The fourth-order valence-corrected chi connectivity index (χ4v) is 2.97. The van der Waals surface area contributed by atoms with Crippen LogP contribution in [0.1, 0.15) is 62.5 Å². The smallest absolute Gasteiger partial charge is 0.338 e. The highest BCUT2D eigenvalue weighted by molar-refractivity contribution is 6.21. The van der Waals surface area contributed by atoms with Crippen LogP contribution in [0.5, 0.6) is 0 Å². The molecule has 1 aliphatic heterocycles. The highest BCUT2D eigenvalue weighted by atomic mass is 16.5. The number of nitrogens with zero attached hydrogens (tertiary/aromatic N) is 2. The third-order valence-electron chi connectivity index (χ3n) is 4.56. The number of nitriles is 1. The van der Waals surface area contributed by atoms with Crippen LogP contribution in [-0.2, 0) is 11.3 Å². The van der Waals surface area contributed by atoms with Gasteiger partial charge in [-0.15, -0.1) is 0 Å². The van der Waals surface area contributed by atoms with Crippen molar-refractivity contribution in [3.63, 3.8) is 0 Å². The van der Waals surface area contributed by atoms with Gasteiger partial charge in [-0.2, -0.15) is 5.26 Å². The Labute approximate surface area is 163 Å². The van der Waals surface area contributed by atoms with E-state index >= 15 is 0 Å². The Morgan fingerprint density at radius 2 is 1.86 bits per heavy atom. The van der Waals surface area contributed by atoms with E-state index in [1.807, 2.05) is 19.9 Å². The standard InChI is InChI=1S/C22H20N2O4/c1-14(2)8-9-24-20(25)18-7-6-17(11-19(18)21(24)26)22(27)28-13-16-5-3-4-15(10-16)12-23/h3-7,10-11,14H,8-9,13H2,1-2H3. The minimum absolute atomic E-state index is 0.0127. The number of amides is 2. The summed E-state index contributed by atoms with van der Waals surface area (Å²) < 4.78 is 5.28. The molecule has 0 aliphatic carbocycles. The van der Waals surface area contributed by atoms with Crippen molar-refractivity contribution in [2.75, 3.05) is 6.54 Å². The maximum absolute atomic E-state index is 12.6. The maximum Gasteiger partial charge on any atom is 0.338 e. The Balaban J connectivity index is 1.72. The third kappa shape index (κ3) is 3.94. The Kier molecular flexibility index (Phi) is 5.55. The highest BCUT2D eigenvalue weighted by Gasteiger charge is 2.35. The van der Waals surface area contributed by atoms with Crippen LogP contribution < -0.4 is 0 Å². The summed E-state index contributed by atoms with van der Waals surface area (Å²) >= 11 is 0. The van der Waals surface area contributed by atoms with Gasteiger partial charge in [-0.25, -0.2) is 4.79 Å². The lowest BCUT2D eigenvalue weighted by Gasteiger charge is -2.14. The molecule has 0 N–H and O–H groups in total. The summed E-state index contributed by atoms with van der Waals surface area (Å²) in [5, 5.41) is 8.92. The first-order valence-electron chi connectivity index (χ1n) is 9.07. The predicted molar refractivity (Wildman–Crippen MR) is 102 cm³/mol. The zero-order chi connectivity index (χ0) is 20.3.